The fraction of sp³-hybridized carbons (Fsp3) is 0.556. The number of allylic oxidation sites excluding steroid dienone is 1. The SMILES string of the molecule is CCCC/C(=C/CCOCc1ccccc1)[Si](C)(C)C. The van der Waals surface area contributed by atoms with E-state index in [0.29, 0.717) is 0 Å². The average molecular weight is 291 g/mol. The van der Waals surface area contributed by atoms with Crippen molar-refractivity contribution >= 4 is 8.07 Å². The van der Waals surface area contributed by atoms with Gasteiger partial charge in [-0.1, -0.05) is 81.0 Å². The molecule has 0 spiro atoms. The van der Waals surface area contributed by atoms with E-state index in [0.717, 1.165) is 19.6 Å². The van der Waals surface area contributed by atoms with Crippen molar-refractivity contribution in [3.8, 4) is 0 Å². The van der Waals surface area contributed by atoms with Crippen LogP contribution in [0.15, 0.2) is 41.6 Å². The van der Waals surface area contributed by atoms with Crippen LogP contribution >= 0.6 is 0 Å². The minimum absolute atomic E-state index is 0.728. The molecular formula is C18H30OSi. The van der Waals surface area contributed by atoms with E-state index >= 15 is 0 Å². The molecule has 0 aliphatic carbocycles. The molecule has 2 heteroatoms. The third kappa shape index (κ3) is 7.06. The Kier molecular flexibility index (Phi) is 7.86. The van der Waals surface area contributed by atoms with Crippen LogP contribution in [0.2, 0.25) is 19.6 Å². The highest BCUT2D eigenvalue weighted by Crippen LogP contribution is 2.21. The van der Waals surface area contributed by atoms with Crippen molar-refractivity contribution in [1.82, 2.24) is 0 Å². The van der Waals surface area contributed by atoms with Gasteiger partial charge in [-0.2, -0.15) is 0 Å². The summed E-state index contributed by atoms with van der Waals surface area (Å²) in [7, 11) is -1.14. The largest absolute Gasteiger partial charge is 0.376 e. The minimum atomic E-state index is -1.14. The van der Waals surface area contributed by atoms with E-state index in [4.69, 9.17) is 4.74 Å². The summed E-state index contributed by atoms with van der Waals surface area (Å²) in [6, 6.07) is 10.4. The highest BCUT2D eigenvalue weighted by atomic mass is 28.3. The van der Waals surface area contributed by atoms with E-state index in [1.54, 1.807) is 5.20 Å². The second-order valence-corrected chi connectivity index (χ2v) is 11.6. The van der Waals surface area contributed by atoms with Gasteiger partial charge < -0.3 is 4.74 Å². The highest BCUT2D eigenvalue weighted by molar-refractivity contribution is 6.83. The molecule has 0 aliphatic rings. The zero-order valence-corrected chi connectivity index (χ0v) is 14.6. The Morgan fingerprint density at radius 3 is 2.45 bits per heavy atom. The van der Waals surface area contributed by atoms with Gasteiger partial charge in [0, 0.05) is 0 Å². The average Bonchev–Trinajstić information content (AvgIpc) is 2.41. The summed E-state index contributed by atoms with van der Waals surface area (Å²) >= 11 is 0. The van der Waals surface area contributed by atoms with Crippen molar-refractivity contribution in [3.05, 3.63) is 47.2 Å². The first-order chi connectivity index (χ1) is 9.54. The molecular weight excluding hydrogens is 260 g/mol. The van der Waals surface area contributed by atoms with Crippen LogP contribution in [-0.4, -0.2) is 14.7 Å². The first kappa shape index (κ1) is 17.2. The lowest BCUT2D eigenvalue weighted by Crippen LogP contribution is -2.24. The molecule has 0 N–H and O–H groups in total. The molecule has 0 radical (unpaired) electrons. The molecule has 112 valence electrons. The van der Waals surface area contributed by atoms with Crippen LogP contribution in [0.4, 0.5) is 0 Å². The van der Waals surface area contributed by atoms with Crippen LogP contribution in [0.25, 0.3) is 0 Å². The van der Waals surface area contributed by atoms with Crippen molar-refractivity contribution in [2.45, 2.75) is 58.9 Å². The zero-order chi connectivity index (χ0) is 14.8. The molecule has 0 bridgehead atoms. The quantitative estimate of drug-likeness (QED) is 0.425. The Hall–Kier alpha value is -0.863. The van der Waals surface area contributed by atoms with E-state index in [-0.39, 0.29) is 0 Å². The topological polar surface area (TPSA) is 9.23 Å². The first-order valence-electron chi connectivity index (χ1n) is 7.85. The second kappa shape index (κ2) is 9.14. The predicted molar refractivity (Wildman–Crippen MR) is 91.7 cm³/mol. The molecule has 0 fully saturated rings. The van der Waals surface area contributed by atoms with E-state index in [1.807, 2.05) is 6.07 Å². The van der Waals surface area contributed by atoms with Gasteiger partial charge in [0.15, 0.2) is 0 Å². The molecule has 0 unspecified atom stereocenters. The smallest absolute Gasteiger partial charge is 0.0720 e. The lowest BCUT2D eigenvalue weighted by Gasteiger charge is -2.21. The lowest BCUT2D eigenvalue weighted by molar-refractivity contribution is 0.125. The van der Waals surface area contributed by atoms with Gasteiger partial charge in [-0.15, -0.1) is 0 Å². The van der Waals surface area contributed by atoms with Gasteiger partial charge in [0.25, 0.3) is 0 Å². The van der Waals surface area contributed by atoms with E-state index in [9.17, 15) is 0 Å². The maximum Gasteiger partial charge on any atom is 0.0720 e. The molecule has 0 aliphatic heterocycles. The van der Waals surface area contributed by atoms with Crippen LogP contribution in [0.3, 0.4) is 0 Å². The number of unbranched alkanes of at least 4 members (excludes halogenated alkanes) is 1. The van der Waals surface area contributed by atoms with E-state index in [2.05, 4.69) is 56.9 Å². The Morgan fingerprint density at radius 2 is 1.85 bits per heavy atom. The number of benzene rings is 1. The van der Waals surface area contributed by atoms with Crippen LogP contribution in [0.1, 0.15) is 38.2 Å². The molecule has 1 aromatic carbocycles. The molecule has 0 amide bonds. The van der Waals surface area contributed by atoms with Gasteiger partial charge in [0.05, 0.1) is 21.3 Å². The predicted octanol–water partition coefficient (Wildman–Crippen LogP) is 5.59. The third-order valence-electron chi connectivity index (χ3n) is 3.53. The summed E-state index contributed by atoms with van der Waals surface area (Å²) in [5.74, 6) is 0. The molecule has 1 nitrogen and oxygen atoms in total. The zero-order valence-electron chi connectivity index (χ0n) is 13.6. The summed E-state index contributed by atoms with van der Waals surface area (Å²) in [5.41, 5.74) is 1.26. The van der Waals surface area contributed by atoms with Gasteiger partial charge in [-0.25, -0.2) is 0 Å². The number of rotatable bonds is 9. The highest BCUT2D eigenvalue weighted by Gasteiger charge is 2.18. The molecule has 0 atom stereocenters. The van der Waals surface area contributed by atoms with Gasteiger partial charge in [0.2, 0.25) is 0 Å². The van der Waals surface area contributed by atoms with E-state index < -0.39 is 8.07 Å². The maximum atomic E-state index is 5.76. The summed E-state index contributed by atoms with van der Waals surface area (Å²) < 4.78 is 5.76. The van der Waals surface area contributed by atoms with Crippen LogP contribution in [0.5, 0.6) is 0 Å². The number of hydrogen-bond acceptors (Lipinski definition) is 1. The van der Waals surface area contributed by atoms with Crippen molar-refractivity contribution < 1.29 is 4.74 Å². The summed E-state index contributed by atoms with van der Waals surface area (Å²) in [5, 5.41) is 1.71. The third-order valence-corrected chi connectivity index (χ3v) is 5.91. The molecule has 20 heavy (non-hydrogen) atoms. The van der Waals surface area contributed by atoms with Gasteiger partial charge in [-0.05, 0) is 18.4 Å². The van der Waals surface area contributed by atoms with Gasteiger partial charge >= 0.3 is 0 Å². The van der Waals surface area contributed by atoms with Gasteiger partial charge in [0.1, 0.15) is 0 Å². The summed E-state index contributed by atoms with van der Waals surface area (Å²) in [4.78, 5) is 0. The van der Waals surface area contributed by atoms with Crippen LogP contribution < -0.4 is 0 Å². The Labute approximate surface area is 126 Å². The molecule has 1 rings (SSSR count). The van der Waals surface area contributed by atoms with E-state index in [1.165, 1.54) is 24.8 Å². The van der Waals surface area contributed by atoms with Crippen molar-refractivity contribution in [2.24, 2.45) is 0 Å². The molecule has 0 saturated heterocycles. The molecule has 0 heterocycles. The summed E-state index contributed by atoms with van der Waals surface area (Å²) in [6.07, 6.45) is 7.39. The van der Waals surface area contributed by atoms with Crippen molar-refractivity contribution in [3.63, 3.8) is 0 Å². The number of hydrogen-bond donors (Lipinski definition) is 0. The maximum absolute atomic E-state index is 5.76. The molecule has 1 aromatic rings. The van der Waals surface area contributed by atoms with Crippen molar-refractivity contribution in [2.75, 3.05) is 6.61 Å². The fourth-order valence-corrected chi connectivity index (χ4v) is 3.91. The minimum Gasteiger partial charge on any atom is -0.376 e. The van der Waals surface area contributed by atoms with Crippen LogP contribution in [-0.2, 0) is 11.3 Å². The Bertz CT molecular complexity index is 390. The Balaban J connectivity index is 2.33. The normalized spacial score (nSPS) is 12.7. The molecule has 0 aromatic heterocycles. The summed E-state index contributed by atoms with van der Waals surface area (Å²) in [6.45, 7) is 11.2. The first-order valence-corrected chi connectivity index (χ1v) is 11.3. The van der Waals surface area contributed by atoms with Crippen LogP contribution in [0, 0.1) is 0 Å². The lowest BCUT2D eigenvalue weighted by atomic mass is 10.2. The van der Waals surface area contributed by atoms with Gasteiger partial charge in [-0.3, -0.25) is 0 Å². The monoisotopic (exact) mass is 290 g/mol. The number of ether oxygens (including phenoxy) is 1. The van der Waals surface area contributed by atoms with Crippen molar-refractivity contribution in [1.29, 1.82) is 0 Å². The standard InChI is InChI=1S/C18H30OSi/c1-5-6-13-18(20(2,3)4)14-10-15-19-16-17-11-8-7-9-12-17/h7-9,11-12,14H,5-6,10,13,15-16H2,1-4H3/b18-14-. The Morgan fingerprint density at radius 1 is 1.15 bits per heavy atom. The fourth-order valence-electron chi connectivity index (χ4n) is 2.23. The molecule has 0 saturated carbocycles. The second-order valence-electron chi connectivity index (χ2n) is 6.41.